The minimum atomic E-state index is 0.255. The predicted octanol–water partition coefficient (Wildman–Crippen LogP) is 7.22. The van der Waals surface area contributed by atoms with Crippen LogP contribution in [0.15, 0.2) is 109 Å². The molecular weight excluding hydrogens is 420 g/mol. The van der Waals surface area contributed by atoms with Gasteiger partial charge in [0.2, 0.25) is 6.79 Å². The Kier molecular flexibility index (Phi) is 4.18. The van der Waals surface area contributed by atoms with E-state index in [1.54, 1.807) is 0 Å². The van der Waals surface area contributed by atoms with Crippen LogP contribution in [-0.2, 0) is 0 Å². The van der Waals surface area contributed by atoms with E-state index < -0.39 is 0 Å². The van der Waals surface area contributed by atoms with Crippen molar-refractivity contribution >= 4 is 16.7 Å². The standard InChI is InChI=1S/C30H20N2O2/c1-3-9-20(10-4-1)28-23(22-15-16-26-27(17-22)34-19-33-26)18-32-25-14-8-7-13-24(25)31-30(32)29(28)21-11-5-2-6-12-21/h1-18H,19H2. The van der Waals surface area contributed by atoms with E-state index in [0.717, 1.165) is 61.6 Å². The summed E-state index contributed by atoms with van der Waals surface area (Å²) in [5, 5.41) is 0. The third-order valence-corrected chi connectivity index (χ3v) is 6.41. The number of hydrogen-bond acceptors (Lipinski definition) is 3. The molecule has 0 bridgehead atoms. The maximum absolute atomic E-state index is 5.72. The van der Waals surface area contributed by atoms with E-state index in [-0.39, 0.29) is 6.79 Å². The van der Waals surface area contributed by atoms with Gasteiger partial charge in [0, 0.05) is 22.9 Å². The zero-order valence-electron chi connectivity index (χ0n) is 18.3. The molecular formula is C30H20N2O2. The molecule has 0 amide bonds. The van der Waals surface area contributed by atoms with Gasteiger partial charge < -0.3 is 9.47 Å². The van der Waals surface area contributed by atoms with Crippen LogP contribution in [0.3, 0.4) is 0 Å². The number of imidazole rings is 1. The number of fused-ring (bicyclic) bond motifs is 4. The smallest absolute Gasteiger partial charge is 0.231 e. The highest BCUT2D eigenvalue weighted by Gasteiger charge is 2.22. The molecule has 0 saturated carbocycles. The first-order valence-electron chi connectivity index (χ1n) is 11.3. The predicted molar refractivity (Wildman–Crippen MR) is 135 cm³/mol. The van der Waals surface area contributed by atoms with E-state index in [1.165, 1.54) is 0 Å². The number of pyridine rings is 1. The molecule has 0 spiro atoms. The van der Waals surface area contributed by atoms with Crippen LogP contribution in [-0.4, -0.2) is 16.2 Å². The summed E-state index contributed by atoms with van der Waals surface area (Å²) in [7, 11) is 0. The molecule has 0 unspecified atom stereocenters. The van der Waals surface area contributed by atoms with E-state index in [0.29, 0.717) is 0 Å². The minimum absolute atomic E-state index is 0.255. The van der Waals surface area contributed by atoms with Gasteiger partial charge in [0.05, 0.1) is 11.0 Å². The topological polar surface area (TPSA) is 35.8 Å². The molecule has 0 atom stereocenters. The lowest BCUT2D eigenvalue weighted by Crippen LogP contribution is -1.97. The Morgan fingerprint density at radius 1 is 0.618 bits per heavy atom. The molecule has 0 saturated heterocycles. The SMILES string of the molecule is c1ccc(-c2c(-c3ccc4c(c3)OCO4)cn3c(nc4ccccc43)c2-c2ccccc2)cc1. The van der Waals surface area contributed by atoms with Gasteiger partial charge in [0.1, 0.15) is 5.65 Å². The Morgan fingerprint density at radius 2 is 1.29 bits per heavy atom. The fourth-order valence-electron chi connectivity index (χ4n) is 4.86. The van der Waals surface area contributed by atoms with Crippen LogP contribution in [0, 0.1) is 0 Å². The Morgan fingerprint density at radius 3 is 2.09 bits per heavy atom. The van der Waals surface area contributed by atoms with Crippen molar-refractivity contribution in [1.82, 2.24) is 9.38 Å². The first-order chi connectivity index (χ1) is 16.9. The van der Waals surface area contributed by atoms with Crippen LogP contribution in [0.25, 0.3) is 50.1 Å². The first-order valence-corrected chi connectivity index (χ1v) is 11.3. The lowest BCUT2D eigenvalue weighted by atomic mass is 9.89. The van der Waals surface area contributed by atoms with Gasteiger partial charge >= 0.3 is 0 Å². The second-order valence-corrected chi connectivity index (χ2v) is 8.39. The van der Waals surface area contributed by atoms with Gasteiger partial charge in [-0.3, -0.25) is 4.40 Å². The zero-order valence-corrected chi connectivity index (χ0v) is 18.3. The monoisotopic (exact) mass is 440 g/mol. The summed E-state index contributed by atoms with van der Waals surface area (Å²) in [6, 6.07) is 35.5. The third kappa shape index (κ3) is 2.89. The molecule has 162 valence electrons. The normalized spacial score (nSPS) is 12.5. The van der Waals surface area contributed by atoms with Crippen LogP contribution in [0.2, 0.25) is 0 Å². The molecule has 4 aromatic carbocycles. The molecule has 4 heteroatoms. The quantitative estimate of drug-likeness (QED) is 0.291. The fourth-order valence-corrected chi connectivity index (χ4v) is 4.86. The van der Waals surface area contributed by atoms with Crippen LogP contribution in [0.4, 0.5) is 0 Å². The second kappa shape index (κ2) is 7.49. The average Bonchev–Trinajstić information content (AvgIpc) is 3.52. The van der Waals surface area contributed by atoms with Crippen molar-refractivity contribution in [3.05, 3.63) is 109 Å². The summed E-state index contributed by atoms with van der Waals surface area (Å²) in [5.74, 6) is 1.55. The number of ether oxygens (including phenoxy) is 2. The van der Waals surface area contributed by atoms with Crippen LogP contribution < -0.4 is 9.47 Å². The Hall–Kier alpha value is -4.57. The van der Waals surface area contributed by atoms with Gasteiger partial charge in [-0.25, -0.2) is 4.98 Å². The Labute approximate surface area is 196 Å². The van der Waals surface area contributed by atoms with Crippen molar-refractivity contribution < 1.29 is 9.47 Å². The highest BCUT2D eigenvalue weighted by Crippen LogP contribution is 2.45. The number of hydrogen-bond donors (Lipinski definition) is 0. The maximum Gasteiger partial charge on any atom is 0.231 e. The fraction of sp³-hybridized carbons (Fsp3) is 0.0333. The van der Waals surface area contributed by atoms with Gasteiger partial charge in [-0.05, 0) is 41.0 Å². The van der Waals surface area contributed by atoms with E-state index >= 15 is 0 Å². The van der Waals surface area contributed by atoms with E-state index in [1.807, 2.05) is 24.3 Å². The van der Waals surface area contributed by atoms with Crippen molar-refractivity contribution in [3.63, 3.8) is 0 Å². The Bertz CT molecular complexity index is 1670. The molecule has 1 aliphatic heterocycles. The van der Waals surface area contributed by atoms with Gasteiger partial charge in [-0.15, -0.1) is 0 Å². The lowest BCUT2D eigenvalue weighted by molar-refractivity contribution is 0.174. The zero-order chi connectivity index (χ0) is 22.5. The maximum atomic E-state index is 5.72. The summed E-state index contributed by atoms with van der Waals surface area (Å²) in [6.07, 6.45) is 2.21. The number of aromatic nitrogens is 2. The van der Waals surface area contributed by atoms with Crippen molar-refractivity contribution in [1.29, 1.82) is 0 Å². The second-order valence-electron chi connectivity index (χ2n) is 8.39. The third-order valence-electron chi connectivity index (χ3n) is 6.41. The molecule has 0 aliphatic carbocycles. The van der Waals surface area contributed by atoms with E-state index in [2.05, 4.69) is 89.5 Å². The van der Waals surface area contributed by atoms with E-state index in [9.17, 15) is 0 Å². The number of rotatable bonds is 3. The summed E-state index contributed by atoms with van der Waals surface area (Å²) in [5.41, 5.74) is 9.70. The molecule has 34 heavy (non-hydrogen) atoms. The number of para-hydroxylation sites is 2. The molecule has 2 aromatic heterocycles. The molecule has 0 fully saturated rings. The molecule has 0 radical (unpaired) electrons. The highest BCUT2D eigenvalue weighted by atomic mass is 16.7. The summed E-state index contributed by atoms with van der Waals surface area (Å²) >= 11 is 0. The van der Waals surface area contributed by atoms with Crippen LogP contribution in [0.5, 0.6) is 11.5 Å². The van der Waals surface area contributed by atoms with Crippen molar-refractivity contribution in [2.45, 2.75) is 0 Å². The van der Waals surface area contributed by atoms with Crippen molar-refractivity contribution in [3.8, 4) is 44.9 Å². The summed E-state index contributed by atoms with van der Waals surface area (Å²) in [6.45, 7) is 0.255. The van der Waals surface area contributed by atoms with Gasteiger partial charge in [0.15, 0.2) is 11.5 Å². The average molecular weight is 441 g/mol. The highest BCUT2D eigenvalue weighted by molar-refractivity contribution is 6.02. The van der Waals surface area contributed by atoms with Gasteiger partial charge in [-0.1, -0.05) is 78.9 Å². The van der Waals surface area contributed by atoms with Crippen molar-refractivity contribution in [2.24, 2.45) is 0 Å². The summed E-state index contributed by atoms with van der Waals surface area (Å²) < 4.78 is 13.5. The number of benzene rings is 4. The van der Waals surface area contributed by atoms with Crippen LogP contribution in [0.1, 0.15) is 0 Å². The lowest BCUT2D eigenvalue weighted by Gasteiger charge is -2.18. The van der Waals surface area contributed by atoms with Crippen LogP contribution >= 0.6 is 0 Å². The molecule has 3 heterocycles. The first kappa shape index (κ1) is 18.9. The van der Waals surface area contributed by atoms with Gasteiger partial charge in [-0.2, -0.15) is 0 Å². The molecule has 7 rings (SSSR count). The van der Waals surface area contributed by atoms with Crippen molar-refractivity contribution in [2.75, 3.05) is 6.79 Å². The molecule has 6 aromatic rings. The molecule has 4 nitrogen and oxygen atoms in total. The minimum Gasteiger partial charge on any atom is -0.454 e. The molecule has 0 N–H and O–H groups in total. The Balaban J connectivity index is 1.66. The summed E-state index contributed by atoms with van der Waals surface area (Å²) in [4.78, 5) is 5.09. The van der Waals surface area contributed by atoms with Gasteiger partial charge in [0.25, 0.3) is 0 Å². The van der Waals surface area contributed by atoms with E-state index in [4.69, 9.17) is 14.5 Å². The largest absolute Gasteiger partial charge is 0.454 e. The number of nitrogens with zero attached hydrogens (tertiary/aromatic N) is 2. The molecule has 1 aliphatic rings.